The highest BCUT2D eigenvalue weighted by atomic mass is 32.2. The molecule has 0 aliphatic carbocycles. The molecule has 0 spiro atoms. The predicted molar refractivity (Wildman–Crippen MR) is 88.0 cm³/mol. The fourth-order valence-corrected chi connectivity index (χ4v) is 4.25. The molecular weight excluding hydrogens is 316 g/mol. The molecular formula is C14H22N6O2S. The van der Waals surface area contributed by atoms with Crippen LogP contribution in [0.1, 0.15) is 32.0 Å². The topological polar surface area (TPSA) is 92.5 Å². The number of hydrogen-bond donors (Lipinski definition) is 1. The molecule has 1 fully saturated rings. The minimum atomic E-state index is -3.15. The fourth-order valence-electron chi connectivity index (χ4n) is 2.85. The Hall–Kier alpha value is -1.74. The second kappa shape index (κ2) is 6.40. The van der Waals surface area contributed by atoms with Crippen molar-refractivity contribution < 1.29 is 8.42 Å². The summed E-state index contributed by atoms with van der Waals surface area (Å²) >= 11 is 0. The largest absolute Gasteiger partial charge is 0.355 e. The van der Waals surface area contributed by atoms with E-state index in [1.807, 2.05) is 26.0 Å². The Morgan fingerprint density at radius 1 is 1.26 bits per heavy atom. The number of nitrogens with one attached hydrogen (secondary N) is 1. The highest BCUT2D eigenvalue weighted by Gasteiger charge is 2.24. The summed E-state index contributed by atoms with van der Waals surface area (Å²) in [7, 11) is -3.15. The van der Waals surface area contributed by atoms with Gasteiger partial charge in [-0.3, -0.25) is 0 Å². The van der Waals surface area contributed by atoms with Gasteiger partial charge in [0.15, 0.2) is 11.5 Å². The minimum Gasteiger partial charge on any atom is -0.355 e. The molecule has 8 nitrogen and oxygen atoms in total. The van der Waals surface area contributed by atoms with Crippen LogP contribution in [0.5, 0.6) is 0 Å². The Bertz CT molecular complexity index is 780. The first-order valence-corrected chi connectivity index (χ1v) is 9.58. The molecule has 1 saturated heterocycles. The van der Waals surface area contributed by atoms with E-state index < -0.39 is 10.0 Å². The van der Waals surface area contributed by atoms with Crippen molar-refractivity contribution in [1.82, 2.24) is 24.5 Å². The monoisotopic (exact) mass is 338 g/mol. The second-order valence-electron chi connectivity index (χ2n) is 5.90. The lowest BCUT2D eigenvalue weighted by molar-refractivity contribution is 0.457. The summed E-state index contributed by atoms with van der Waals surface area (Å²) < 4.78 is 28.0. The number of nitrogens with zero attached hydrogens (tertiary/aromatic N) is 5. The van der Waals surface area contributed by atoms with Crippen LogP contribution in [-0.2, 0) is 10.0 Å². The third kappa shape index (κ3) is 3.78. The van der Waals surface area contributed by atoms with Crippen LogP contribution < -0.4 is 9.62 Å². The van der Waals surface area contributed by atoms with E-state index in [9.17, 15) is 8.42 Å². The van der Waals surface area contributed by atoms with Gasteiger partial charge in [0, 0.05) is 19.1 Å². The van der Waals surface area contributed by atoms with E-state index in [0.717, 1.165) is 37.4 Å². The van der Waals surface area contributed by atoms with E-state index in [1.54, 1.807) is 4.63 Å². The van der Waals surface area contributed by atoms with Gasteiger partial charge in [0.1, 0.15) is 5.82 Å². The van der Waals surface area contributed by atoms with E-state index in [2.05, 4.69) is 24.8 Å². The summed E-state index contributed by atoms with van der Waals surface area (Å²) in [6.45, 7) is 5.24. The highest BCUT2D eigenvalue weighted by molar-refractivity contribution is 7.89. The SMILES string of the molecule is CCCS(=O)(=O)NC1CCN(c2ccc3nc(C)nn3n2)CC1. The maximum Gasteiger partial charge on any atom is 0.211 e. The van der Waals surface area contributed by atoms with Crippen LogP contribution in [0.15, 0.2) is 12.1 Å². The lowest BCUT2D eigenvalue weighted by Crippen LogP contribution is -2.45. The summed E-state index contributed by atoms with van der Waals surface area (Å²) in [5, 5.41) is 8.71. The van der Waals surface area contributed by atoms with Gasteiger partial charge in [-0.1, -0.05) is 6.92 Å². The van der Waals surface area contributed by atoms with Gasteiger partial charge in [0.05, 0.1) is 5.75 Å². The van der Waals surface area contributed by atoms with Crippen molar-refractivity contribution in [3.8, 4) is 0 Å². The maximum atomic E-state index is 11.8. The number of aryl methyl sites for hydroxylation is 1. The van der Waals surface area contributed by atoms with Crippen LogP contribution in [0.3, 0.4) is 0 Å². The Morgan fingerprint density at radius 3 is 2.70 bits per heavy atom. The van der Waals surface area contributed by atoms with Gasteiger partial charge in [-0.25, -0.2) is 18.1 Å². The zero-order valence-electron chi connectivity index (χ0n) is 13.4. The molecule has 0 radical (unpaired) electrons. The molecule has 1 aliphatic rings. The number of hydrogen-bond acceptors (Lipinski definition) is 6. The molecule has 126 valence electrons. The number of fused-ring (bicyclic) bond motifs is 1. The molecule has 3 heterocycles. The van der Waals surface area contributed by atoms with Gasteiger partial charge in [-0.05, 0) is 38.3 Å². The first-order valence-electron chi connectivity index (χ1n) is 7.92. The molecule has 9 heteroatoms. The van der Waals surface area contributed by atoms with Gasteiger partial charge in [0.25, 0.3) is 0 Å². The van der Waals surface area contributed by atoms with Crippen molar-refractivity contribution in [2.75, 3.05) is 23.7 Å². The number of aromatic nitrogens is 4. The van der Waals surface area contributed by atoms with Gasteiger partial charge in [0.2, 0.25) is 10.0 Å². The van der Waals surface area contributed by atoms with E-state index >= 15 is 0 Å². The standard InChI is InChI=1S/C14H22N6O2S/c1-3-10-23(21,22)18-12-6-8-19(9-7-12)14-5-4-13-15-11(2)16-20(13)17-14/h4-5,12,18H,3,6-10H2,1-2H3. The summed E-state index contributed by atoms with van der Waals surface area (Å²) in [5.41, 5.74) is 0.730. The van der Waals surface area contributed by atoms with Crippen LogP contribution in [0.4, 0.5) is 5.82 Å². The number of sulfonamides is 1. The lowest BCUT2D eigenvalue weighted by atomic mass is 10.1. The third-order valence-corrected chi connectivity index (χ3v) is 5.58. The third-order valence-electron chi connectivity index (χ3n) is 3.94. The second-order valence-corrected chi connectivity index (χ2v) is 7.77. The Morgan fingerprint density at radius 2 is 2.00 bits per heavy atom. The molecule has 2 aromatic heterocycles. The van der Waals surface area contributed by atoms with Crippen molar-refractivity contribution in [2.45, 2.75) is 39.2 Å². The molecule has 23 heavy (non-hydrogen) atoms. The van der Waals surface area contributed by atoms with Crippen LogP contribution in [-0.4, -0.2) is 53.1 Å². The number of piperidine rings is 1. The molecule has 1 N–H and O–H groups in total. The van der Waals surface area contributed by atoms with Gasteiger partial charge in [-0.15, -0.1) is 14.8 Å². The Labute approximate surface area is 135 Å². The van der Waals surface area contributed by atoms with Crippen molar-refractivity contribution >= 4 is 21.5 Å². The molecule has 0 aromatic carbocycles. The summed E-state index contributed by atoms with van der Waals surface area (Å²) in [5.74, 6) is 1.73. The van der Waals surface area contributed by atoms with Crippen molar-refractivity contribution in [3.63, 3.8) is 0 Å². The highest BCUT2D eigenvalue weighted by Crippen LogP contribution is 2.18. The summed E-state index contributed by atoms with van der Waals surface area (Å²) in [6, 6.07) is 3.85. The van der Waals surface area contributed by atoms with E-state index in [4.69, 9.17) is 0 Å². The van der Waals surface area contributed by atoms with Crippen molar-refractivity contribution in [3.05, 3.63) is 18.0 Å². The molecule has 2 aromatic rings. The van der Waals surface area contributed by atoms with Crippen LogP contribution in [0, 0.1) is 6.92 Å². The first kappa shape index (κ1) is 16.1. The minimum absolute atomic E-state index is 0.0140. The van der Waals surface area contributed by atoms with E-state index in [-0.39, 0.29) is 11.8 Å². The zero-order chi connectivity index (χ0) is 16.4. The van der Waals surface area contributed by atoms with Crippen molar-refractivity contribution in [1.29, 1.82) is 0 Å². The molecule has 0 amide bonds. The smallest absolute Gasteiger partial charge is 0.211 e. The average Bonchev–Trinajstić information content (AvgIpc) is 2.86. The predicted octanol–water partition coefficient (Wildman–Crippen LogP) is 0.731. The number of anilines is 1. The number of rotatable bonds is 5. The molecule has 0 unspecified atom stereocenters. The normalized spacial score (nSPS) is 17.0. The summed E-state index contributed by atoms with van der Waals surface area (Å²) in [4.78, 5) is 6.42. The molecule has 0 atom stereocenters. The molecule has 3 rings (SSSR count). The zero-order valence-corrected chi connectivity index (χ0v) is 14.3. The van der Waals surface area contributed by atoms with Gasteiger partial charge >= 0.3 is 0 Å². The van der Waals surface area contributed by atoms with Gasteiger partial charge in [-0.2, -0.15) is 0 Å². The Kier molecular flexibility index (Phi) is 4.49. The first-order chi connectivity index (χ1) is 11.0. The van der Waals surface area contributed by atoms with Crippen LogP contribution in [0.25, 0.3) is 5.65 Å². The average molecular weight is 338 g/mol. The van der Waals surface area contributed by atoms with Crippen molar-refractivity contribution in [2.24, 2.45) is 0 Å². The molecule has 0 bridgehead atoms. The fraction of sp³-hybridized carbons (Fsp3) is 0.643. The molecule has 0 saturated carbocycles. The van der Waals surface area contributed by atoms with Crippen LogP contribution >= 0.6 is 0 Å². The molecule has 1 aliphatic heterocycles. The quantitative estimate of drug-likeness (QED) is 0.864. The lowest BCUT2D eigenvalue weighted by Gasteiger charge is -2.32. The maximum absolute atomic E-state index is 11.8. The van der Waals surface area contributed by atoms with E-state index in [1.165, 1.54) is 0 Å². The van der Waals surface area contributed by atoms with E-state index in [0.29, 0.717) is 12.2 Å². The Balaban J connectivity index is 1.63. The van der Waals surface area contributed by atoms with Gasteiger partial charge < -0.3 is 4.90 Å². The summed E-state index contributed by atoms with van der Waals surface area (Å²) in [6.07, 6.45) is 2.19. The van der Waals surface area contributed by atoms with Crippen LogP contribution in [0.2, 0.25) is 0 Å².